The van der Waals surface area contributed by atoms with Crippen LogP contribution in [0, 0.1) is 0 Å². The minimum atomic E-state index is -3.15. The molecule has 1 heterocycles. The molecule has 4 nitrogen and oxygen atoms in total. The first kappa shape index (κ1) is 8.63. The Labute approximate surface area is 69.0 Å². The van der Waals surface area contributed by atoms with Gasteiger partial charge in [0.05, 0.1) is 0 Å². The van der Waals surface area contributed by atoms with Crippen molar-refractivity contribution in [2.45, 2.75) is 11.6 Å². The summed E-state index contributed by atoms with van der Waals surface area (Å²) < 4.78 is 21.7. The van der Waals surface area contributed by atoms with E-state index in [4.69, 9.17) is 5.73 Å². The lowest BCUT2D eigenvalue weighted by Gasteiger charge is -1.87. The van der Waals surface area contributed by atoms with Crippen LogP contribution in [-0.2, 0) is 16.4 Å². The zero-order chi connectivity index (χ0) is 8.48. The number of thiazole rings is 1. The third-order valence-electron chi connectivity index (χ3n) is 1.09. The highest BCUT2D eigenvalue weighted by atomic mass is 32.2. The van der Waals surface area contributed by atoms with E-state index < -0.39 is 9.84 Å². The Bertz CT molecular complexity index is 341. The Hall–Kier alpha value is -0.460. The molecule has 0 saturated heterocycles. The Morgan fingerprint density at radius 2 is 2.36 bits per heavy atom. The molecule has 0 spiro atoms. The van der Waals surface area contributed by atoms with E-state index in [0.717, 1.165) is 6.26 Å². The highest BCUT2D eigenvalue weighted by Gasteiger charge is 2.10. The second-order valence-electron chi connectivity index (χ2n) is 2.06. The van der Waals surface area contributed by atoms with Crippen LogP contribution in [0.15, 0.2) is 10.4 Å². The molecule has 0 fully saturated rings. The molecule has 0 aliphatic rings. The Morgan fingerprint density at radius 3 is 2.64 bits per heavy atom. The second kappa shape index (κ2) is 2.88. The van der Waals surface area contributed by atoms with E-state index in [2.05, 4.69) is 4.98 Å². The van der Waals surface area contributed by atoms with Crippen molar-refractivity contribution >= 4 is 21.2 Å². The van der Waals surface area contributed by atoms with E-state index in [9.17, 15) is 8.42 Å². The smallest absolute Gasteiger partial charge is 0.193 e. The molecule has 0 unspecified atom stereocenters. The lowest BCUT2D eigenvalue weighted by Crippen LogP contribution is -1.99. The van der Waals surface area contributed by atoms with Crippen LogP contribution in [-0.4, -0.2) is 19.7 Å². The van der Waals surface area contributed by atoms with Gasteiger partial charge < -0.3 is 5.73 Å². The molecular weight excluding hydrogens is 184 g/mol. The molecule has 11 heavy (non-hydrogen) atoms. The molecule has 0 saturated carbocycles. The molecule has 0 amide bonds. The summed E-state index contributed by atoms with van der Waals surface area (Å²) in [6.45, 7) is 0.292. The standard InChI is InChI=1S/C5H8N2O2S2/c1-11(8,9)5-3-10-4(2-6)7-5/h3H,2,6H2,1H3. The number of nitrogens with zero attached hydrogens (tertiary/aromatic N) is 1. The first-order chi connectivity index (χ1) is 5.04. The van der Waals surface area contributed by atoms with Crippen molar-refractivity contribution in [1.29, 1.82) is 0 Å². The van der Waals surface area contributed by atoms with Crippen LogP contribution in [0.1, 0.15) is 5.01 Å². The minimum Gasteiger partial charge on any atom is -0.325 e. The molecule has 0 aromatic carbocycles. The third kappa shape index (κ3) is 1.98. The average Bonchev–Trinajstić information content (AvgIpc) is 2.32. The number of sulfone groups is 1. The normalized spacial score (nSPS) is 11.8. The van der Waals surface area contributed by atoms with Crippen molar-refractivity contribution in [2.24, 2.45) is 5.73 Å². The second-order valence-corrected chi connectivity index (χ2v) is 4.96. The SMILES string of the molecule is CS(=O)(=O)c1csc(CN)n1. The van der Waals surface area contributed by atoms with Crippen LogP contribution >= 0.6 is 11.3 Å². The highest BCUT2D eigenvalue weighted by molar-refractivity contribution is 7.90. The lowest BCUT2D eigenvalue weighted by atomic mass is 10.7. The third-order valence-corrected chi connectivity index (χ3v) is 3.07. The predicted octanol–water partition coefficient (Wildman–Crippen LogP) is 0.00530. The lowest BCUT2D eigenvalue weighted by molar-refractivity contribution is 0.598. The summed E-state index contributed by atoms with van der Waals surface area (Å²) in [7, 11) is -3.15. The van der Waals surface area contributed by atoms with Gasteiger partial charge in [0.2, 0.25) is 0 Å². The predicted molar refractivity (Wildman–Crippen MR) is 43.1 cm³/mol. The van der Waals surface area contributed by atoms with E-state index in [1.807, 2.05) is 0 Å². The summed E-state index contributed by atoms with van der Waals surface area (Å²) in [5.41, 5.74) is 5.26. The maximum absolute atomic E-state index is 10.9. The molecule has 6 heteroatoms. The van der Waals surface area contributed by atoms with E-state index in [-0.39, 0.29) is 5.03 Å². The molecule has 62 valence electrons. The fraction of sp³-hybridized carbons (Fsp3) is 0.400. The quantitative estimate of drug-likeness (QED) is 0.716. The molecule has 1 rings (SSSR count). The van der Waals surface area contributed by atoms with Crippen LogP contribution in [0.5, 0.6) is 0 Å². The summed E-state index contributed by atoms with van der Waals surface area (Å²) in [6.07, 6.45) is 1.13. The molecule has 0 aliphatic carbocycles. The van der Waals surface area contributed by atoms with Gasteiger partial charge in [-0.1, -0.05) is 0 Å². The number of rotatable bonds is 2. The van der Waals surface area contributed by atoms with Crippen molar-refractivity contribution in [3.8, 4) is 0 Å². The van der Waals surface area contributed by atoms with Crippen molar-refractivity contribution in [1.82, 2.24) is 4.98 Å². The van der Waals surface area contributed by atoms with Gasteiger partial charge in [-0.2, -0.15) is 0 Å². The van der Waals surface area contributed by atoms with Gasteiger partial charge in [-0.3, -0.25) is 0 Å². The molecule has 0 aliphatic heterocycles. The van der Waals surface area contributed by atoms with Gasteiger partial charge in [0, 0.05) is 18.2 Å². The largest absolute Gasteiger partial charge is 0.325 e. The molecule has 2 N–H and O–H groups in total. The van der Waals surface area contributed by atoms with Gasteiger partial charge >= 0.3 is 0 Å². The monoisotopic (exact) mass is 192 g/mol. The number of hydrogen-bond donors (Lipinski definition) is 1. The van der Waals surface area contributed by atoms with Crippen molar-refractivity contribution in [3.63, 3.8) is 0 Å². The minimum absolute atomic E-state index is 0.114. The van der Waals surface area contributed by atoms with E-state index in [1.54, 1.807) is 0 Å². The molecule has 1 aromatic rings. The van der Waals surface area contributed by atoms with Crippen LogP contribution < -0.4 is 5.73 Å². The van der Waals surface area contributed by atoms with Crippen molar-refractivity contribution < 1.29 is 8.42 Å². The Balaban J connectivity index is 3.09. The van der Waals surface area contributed by atoms with Gasteiger partial charge in [0.1, 0.15) is 5.01 Å². The Morgan fingerprint density at radius 1 is 1.73 bits per heavy atom. The zero-order valence-corrected chi connectivity index (χ0v) is 7.58. The van der Waals surface area contributed by atoms with Crippen molar-refractivity contribution in [3.05, 3.63) is 10.4 Å². The van der Waals surface area contributed by atoms with Gasteiger partial charge in [0.15, 0.2) is 14.9 Å². The topological polar surface area (TPSA) is 73.0 Å². The summed E-state index contributed by atoms with van der Waals surface area (Å²) in [6, 6.07) is 0. The molecule has 0 atom stereocenters. The summed E-state index contributed by atoms with van der Waals surface area (Å²) in [4.78, 5) is 3.81. The van der Waals surface area contributed by atoms with E-state index in [1.165, 1.54) is 16.7 Å². The maximum atomic E-state index is 10.9. The van der Waals surface area contributed by atoms with Crippen LogP contribution in [0.3, 0.4) is 0 Å². The zero-order valence-electron chi connectivity index (χ0n) is 5.94. The summed E-state index contributed by atoms with van der Waals surface area (Å²) in [5, 5.41) is 2.26. The van der Waals surface area contributed by atoms with E-state index in [0.29, 0.717) is 11.6 Å². The maximum Gasteiger partial charge on any atom is 0.193 e. The fourth-order valence-electron chi connectivity index (χ4n) is 0.558. The van der Waals surface area contributed by atoms with Crippen LogP contribution in [0.4, 0.5) is 0 Å². The van der Waals surface area contributed by atoms with Crippen LogP contribution in [0.25, 0.3) is 0 Å². The van der Waals surface area contributed by atoms with E-state index >= 15 is 0 Å². The highest BCUT2D eigenvalue weighted by Crippen LogP contribution is 2.13. The molecule has 0 radical (unpaired) electrons. The fourth-order valence-corrected chi connectivity index (χ4v) is 2.27. The van der Waals surface area contributed by atoms with Gasteiger partial charge in [-0.25, -0.2) is 13.4 Å². The van der Waals surface area contributed by atoms with Gasteiger partial charge in [-0.05, 0) is 0 Å². The number of hydrogen-bond acceptors (Lipinski definition) is 5. The molecule has 1 aromatic heterocycles. The van der Waals surface area contributed by atoms with Crippen molar-refractivity contribution in [2.75, 3.05) is 6.26 Å². The summed E-state index contributed by atoms with van der Waals surface area (Å²) >= 11 is 1.26. The summed E-state index contributed by atoms with van der Waals surface area (Å²) in [5.74, 6) is 0. The first-order valence-corrected chi connectivity index (χ1v) is 5.65. The van der Waals surface area contributed by atoms with Crippen LogP contribution in [0.2, 0.25) is 0 Å². The molecular formula is C5H8N2O2S2. The Kier molecular flexibility index (Phi) is 2.26. The van der Waals surface area contributed by atoms with Gasteiger partial charge in [0.25, 0.3) is 0 Å². The first-order valence-electron chi connectivity index (χ1n) is 2.88. The average molecular weight is 192 g/mol. The number of nitrogens with two attached hydrogens (primary N) is 1. The number of aromatic nitrogens is 1. The van der Waals surface area contributed by atoms with Gasteiger partial charge in [-0.15, -0.1) is 11.3 Å². The molecule has 0 bridgehead atoms.